The molecule has 10 nitrogen and oxygen atoms in total. The Labute approximate surface area is 229 Å². The number of pyridine rings is 1. The first-order valence-electron chi connectivity index (χ1n) is 12.9. The molecule has 206 valence electrons. The largest absolute Gasteiger partial charge is 0.492 e. The van der Waals surface area contributed by atoms with Crippen molar-refractivity contribution in [3.8, 4) is 28.3 Å². The number of morpholine rings is 1. The number of ether oxygens (including phenoxy) is 2. The van der Waals surface area contributed by atoms with Crippen molar-refractivity contribution >= 4 is 11.5 Å². The van der Waals surface area contributed by atoms with Crippen molar-refractivity contribution < 1.29 is 18.3 Å². The van der Waals surface area contributed by atoms with Gasteiger partial charge in [-0.15, -0.1) is 0 Å². The molecule has 0 atom stereocenters. The van der Waals surface area contributed by atoms with Gasteiger partial charge >= 0.3 is 6.11 Å². The van der Waals surface area contributed by atoms with Crippen molar-refractivity contribution in [1.82, 2.24) is 34.0 Å². The highest BCUT2D eigenvalue weighted by Gasteiger charge is 2.36. The van der Waals surface area contributed by atoms with E-state index in [9.17, 15) is 8.78 Å². The Balaban J connectivity index is 1.08. The summed E-state index contributed by atoms with van der Waals surface area (Å²) in [6.45, 7) is 1.32. The van der Waals surface area contributed by atoms with Gasteiger partial charge in [-0.1, -0.05) is 24.3 Å². The minimum absolute atomic E-state index is 0.00995. The monoisotopic (exact) mass is 546 g/mol. The van der Waals surface area contributed by atoms with Crippen molar-refractivity contribution in [2.45, 2.75) is 12.7 Å². The van der Waals surface area contributed by atoms with E-state index in [-0.39, 0.29) is 13.2 Å². The van der Waals surface area contributed by atoms with E-state index in [1.54, 1.807) is 15.8 Å². The molecule has 12 heteroatoms. The SMILES string of the molecule is Cn1cc(-c2ccc(CNc3cc(-c4cnc5cc(OCCN6CCOC(F)(F)C6)ccn45)ncn3)cc2)cn1. The standard InChI is InChI=1S/C28H28F2N8O2/c1-36-17-22(15-35-36)21-4-2-20(3-5-21)14-31-26-13-24(33-19-34-26)25-16-32-27-12-23(6-7-38(25)27)39-10-8-37-9-11-40-28(29,30)18-37/h2-7,12-13,15-17,19H,8-11,14,18H2,1H3,(H,31,33,34). The topological polar surface area (TPSA) is 94.6 Å². The second kappa shape index (κ2) is 11.0. The minimum atomic E-state index is -3.11. The van der Waals surface area contributed by atoms with Crippen LogP contribution in [-0.2, 0) is 18.3 Å². The molecule has 0 unspecified atom stereocenters. The van der Waals surface area contributed by atoms with Gasteiger partial charge in [0.2, 0.25) is 0 Å². The predicted molar refractivity (Wildman–Crippen MR) is 145 cm³/mol. The zero-order chi connectivity index (χ0) is 27.5. The van der Waals surface area contributed by atoms with Gasteiger partial charge in [-0.2, -0.15) is 13.9 Å². The van der Waals surface area contributed by atoms with Crippen LogP contribution in [-0.4, -0.2) is 73.0 Å². The van der Waals surface area contributed by atoms with Crippen LogP contribution in [0.3, 0.4) is 0 Å². The van der Waals surface area contributed by atoms with Crippen molar-refractivity contribution in [3.63, 3.8) is 0 Å². The van der Waals surface area contributed by atoms with E-state index < -0.39 is 12.7 Å². The van der Waals surface area contributed by atoms with Gasteiger partial charge in [0.05, 0.1) is 36.9 Å². The lowest BCUT2D eigenvalue weighted by Gasteiger charge is -2.31. The summed E-state index contributed by atoms with van der Waals surface area (Å²) in [4.78, 5) is 14.9. The molecule has 0 saturated carbocycles. The van der Waals surface area contributed by atoms with Crippen LogP contribution in [0.1, 0.15) is 5.56 Å². The molecule has 1 fully saturated rings. The van der Waals surface area contributed by atoms with Crippen LogP contribution in [0.25, 0.3) is 28.2 Å². The molecule has 1 aromatic carbocycles. The molecule has 5 aromatic rings. The summed E-state index contributed by atoms with van der Waals surface area (Å²) in [5, 5.41) is 7.59. The molecule has 1 aliphatic heterocycles. The number of hydrogen-bond acceptors (Lipinski definition) is 8. The van der Waals surface area contributed by atoms with Gasteiger partial charge in [0.25, 0.3) is 0 Å². The number of halogens is 2. The summed E-state index contributed by atoms with van der Waals surface area (Å²) in [5.74, 6) is 1.31. The van der Waals surface area contributed by atoms with Crippen molar-refractivity contribution in [3.05, 3.63) is 79.1 Å². The number of aromatic nitrogens is 6. The molecule has 1 saturated heterocycles. The minimum Gasteiger partial charge on any atom is -0.492 e. The van der Waals surface area contributed by atoms with Crippen molar-refractivity contribution in [2.75, 3.05) is 38.2 Å². The van der Waals surface area contributed by atoms with Crippen LogP contribution in [0, 0.1) is 0 Å². The lowest BCUT2D eigenvalue weighted by Crippen LogP contribution is -2.47. The smallest absolute Gasteiger partial charge is 0.368 e. The van der Waals surface area contributed by atoms with E-state index >= 15 is 0 Å². The van der Waals surface area contributed by atoms with Crippen LogP contribution in [0.15, 0.2) is 73.6 Å². The summed E-state index contributed by atoms with van der Waals surface area (Å²) in [5.41, 5.74) is 5.53. The fourth-order valence-corrected chi connectivity index (χ4v) is 4.61. The zero-order valence-corrected chi connectivity index (χ0v) is 21.9. The highest BCUT2D eigenvalue weighted by Crippen LogP contribution is 2.24. The lowest BCUT2D eigenvalue weighted by molar-refractivity contribution is -0.270. The summed E-state index contributed by atoms with van der Waals surface area (Å²) in [6, 6.07) is 13.8. The second-order valence-corrected chi connectivity index (χ2v) is 9.59. The summed E-state index contributed by atoms with van der Waals surface area (Å²) in [7, 11) is 1.90. The molecule has 0 amide bonds. The molecule has 0 spiro atoms. The van der Waals surface area contributed by atoms with E-state index in [4.69, 9.17) is 4.74 Å². The maximum Gasteiger partial charge on any atom is 0.368 e. The van der Waals surface area contributed by atoms with Crippen molar-refractivity contribution in [2.24, 2.45) is 7.05 Å². The van der Waals surface area contributed by atoms with Crippen molar-refractivity contribution in [1.29, 1.82) is 0 Å². The molecule has 5 heterocycles. The third-order valence-electron chi connectivity index (χ3n) is 6.68. The van der Waals surface area contributed by atoms with Crippen LogP contribution in [0.2, 0.25) is 0 Å². The summed E-state index contributed by atoms with van der Waals surface area (Å²) in [6.07, 6.45) is 5.86. The molecule has 0 aliphatic carbocycles. The van der Waals surface area contributed by atoms with E-state index in [1.807, 2.05) is 48.2 Å². The Morgan fingerprint density at radius 2 is 1.93 bits per heavy atom. The lowest BCUT2D eigenvalue weighted by atomic mass is 10.1. The van der Waals surface area contributed by atoms with E-state index in [1.165, 1.54) is 6.33 Å². The number of hydrogen-bond donors (Lipinski definition) is 1. The molecular formula is C28H28F2N8O2. The first-order valence-corrected chi connectivity index (χ1v) is 12.9. The number of aryl methyl sites for hydroxylation is 1. The van der Waals surface area contributed by atoms with Gasteiger partial charge in [0.1, 0.15) is 30.1 Å². The number of rotatable bonds is 9. The van der Waals surface area contributed by atoms with Gasteiger partial charge in [-0.3, -0.25) is 14.0 Å². The summed E-state index contributed by atoms with van der Waals surface area (Å²) < 4.78 is 40.8. The quantitative estimate of drug-likeness (QED) is 0.295. The van der Waals surface area contributed by atoms with Gasteiger partial charge in [0.15, 0.2) is 0 Å². The van der Waals surface area contributed by atoms with Crippen LogP contribution in [0.4, 0.5) is 14.6 Å². The van der Waals surface area contributed by atoms with Gasteiger partial charge in [-0.05, 0) is 17.2 Å². The zero-order valence-electron chi connectivity index (χ0n) is 21.9. The maximum absolute atomic E-state index is 13.4. The van der Waals surface area contributed by atoms with E-state index in [0.29, 0.717) is 36.8 Å². The first kappa shape index (κ1) is 25.8. The highest BCUT2D eigenvalue weighted by molar-refractivity contribution is 5.64. The molecular weight excluding hydrogens is 518 g/mol. The predicted octanol–water partition coefficient (Wildman–Crippen LogP) is 4.11. The van der Waals surface area contributed by atoms with Gasteiger partial charge < -0.3 is 14.8 Å². The summed E-state index contributed by atoms with van der Waals surface area (Å²) >= 11 is 0. The van der Waals surface area contributed by atoms with Crippen LogP contribution in [0.5, 0.6) is 5.75 Å². The third kappa shape index (κ3) is 5.92. The van der Waals surface area contributed by atoms with E-state index in [2.05, 4.69) is 54.4 Å². The normalized spacial score (nSPS) is 15.4. The maximum atomic E-state index is 13.4. The Morgan fingerprint density at radius 3 is 2.73 bits per heavy atom. The fourth-order valence-electron chi connectivity index (χ4n) is 4.61. The molecule has 0 bridgehead atoms. The Bertz CT molecular complexity index is 1600. The fraction of sp³-hybridized carbons (Fsp3) is 0.286. The Morgan fingerprint density at radius 1 is 1.05 bits per heavy atom. The number of fused-ring (bicyclic) bond motifs is 1. The number of anilines is 1. The molecule has 4 aromatic heterocycles. The molecule has 1 aliphatic rings. The number of nitrogens with one attached hydrogen (secondary N) is 1. The Kier molecular flexibility index (Phi) is 7.10. The average molecular weight is 547 g/mol. The number of imidazole rings is 1. The molecule has 0 radical (unpaired) electrons. The number of benzene rings is 1. The third-order valence-corrected chi connectivity index (χ3v) is 6.68. The highest BCUT2D eigenvalue weighted by atomic mass is 19.3. The second-order valence-electron chi connectivity index (χ2n) is 9.59. The molecule has 40 heavy (non-hydrogen) atoms. The Hall–Kier alpha value is -4.42. The molecule has 1 N–H and O–H groups in total. The molecule has 6 rings (SSSR count). The van der Waals surface area contributed by atoms with Crippen LogP contribution >= 0.6 is 0 Å². The van der Waals surface area contributed by atoms with Gasteiger partial charge in [0, 0.05) is 56.8 Å². The average Bonchev–Trinajstić information content (AvgIpc) is 3.58. The van der Waals surface area contributed by atoms with E-state index in [0.717, 1.165) is 28.1 Å². The first-order chi connectivity index (χ1) is 19.4. The number of nitrogens with zero attached hydrogens (tertiary/aromatic N) is 7. The van der Waals surface area contributed by atoms with Crippen LogP contribution < -0.4 is 10.1 Å². The number of alkyl halides is 2. The van der Waals surface area contributed by atoms with Gasteiger partial charge in [-0.25, -0.2) is 15.0 Å².